The van der Waals surface area contributed by atoms with Gasteiger partial charge in [0.15, 0.2) is 5.82 Å². The minimum absolute atomic E-state index is 0.543. The minimum atomic E-state index is -0.543. The fraction of sp³-hybridized carbons (Fsp3) is 0.0545. The molecule has 0 atom stereocenters. The van der Waals surface area contributed by atoms with Crippen LogP contribution in [-0.4, -0.2) is 9.97 Å². The number of rotatable bonds is 4. The molecule has 2 heterocycles. The zero-order valence-electron chi connectivity index (χ0n) is 31.7. The molecule has 1 aromatic heterocycles. The number of benzene rings is 8. The summed E-state index contributed by atoms with van der Waals surface area (Å²) >= 11 is 0. The van der Waals surface area contributed by atoms with E-state index in [1.807, 2.05) is 0 Å². The van der Waals surface area contributed by atoms with Crippen LogP contribution in [0.1, 0.15) is 40.9 Å². The highest BCUT2D eigenvalue weighted by atomic mass is 16.5. The molecule has 3 nitrogen and oxygen atoms in total. The van der Waals surface area contributed by atoms with E-state index in [-0.39, 0.29) is 0 Å². The summed E-state index contributed by atoms with van der Waals surface area (Å²) in [6.45, 7) is 0. The molecule has 58 heavy (non-hydrogen) atoms. The zero-order chi connectivity index (χ0) is 38.2. The average Bonchev–Trinajstić information content (AvgIpc) is 3.59. The molecular formula is C55H36N2O. The van der Waals surface area contributed by atoms with Crippen LogP contribution >= 0.6 is 0 Å². The Balaban J connectivity index is 1.07. The second kappa shape index (κ2) is 12.8. The van der Waals surface area contributed by atoms with E-state index < -0.39 is 5.41 Å². The van der Waals surface area contributed by atoms with E-state index in [1.165, 1.54) is 43.8 Å². The van der Waals surface area contributed by atoms with Gasteiger partial charge in [-0.1, -0.05) is 176 Å². The molecule has 0 unspecified atom stereocenters. The second-order valence-electron chi connectivity index (χ2n) is 15.5. The molecule has 0 fully saturated rings. The van der Waals surface area contributed by atoms with Crippen molar-refractivity contribution in [2.45, 2.75) is 18.3 Å². The van der Waals surface area contributed by atoms with Gasteiger partial charge in [0, 0.05) is 33.4 Å². The van der Waals surface area contributed by atoms with Crippen LogP contribution in [0.15, 0.2) is 194 Å². The Kier molecular flexibility index (Phi) is 7.27. The maximum absolute atomic E-state index is 7.10. The summed E-state index contributed by atoms with van der Waals surface area (Å²) < 4.78 is 7.10. The molecule has 9 aromatic rings. The third-order valence-corrected chi connectivity index (χ3v) is 12.4. The lowest BCUT2D eigenvalue weighted by molar-refractivity contribution is 0.438. The first-order valence-corrected chi connectivity index (χ1v) is 20.1. The van der Waals surface area contributed by atoms with Crippen molar-refractivity contribution in [1.29, 1.82) is 0 Å². The molecule has 1 aliphatic heterocycles. The summed E-state index contributed by atoms with van der Waals surface area (Å²) in [6, 6.07) is 63.5. The van der Waals surface area contributed by atoms with E-state index in [0.717, 1.165) is 80.5 Å². The van der Waals surface area contributed by atoms with Crippen LogP contribution in [0.5, 0.6) is 11.5 Å². The summed E-state index contributed by atoms with van der Waals surface area (Å²) in [5.41, 5.74) is 13.8. The standard InChI is InChI=1S/C55H36N2O/c1-2-16-36(17-3-1)54-56-50(38-31-32-40-37(33-38)30-29-35-15-4-5-18-39(35)40)34-51(57-54)44-22-7-6-19-41(44)45-23-14-27-49-53(45)58-52-28-13-12-26-48(52)55(49)46-24-10-8-20-42(46)43-21-9-11-25-47(43)55/h2,4-34H,1,3H2. The smallest absolute Gasteiger partial charge is 0.160 e. The molecule has 1 spiro atoms. The number of aromatic nitrogens is 2. The van der Waals surface area contributed by atoms with E-state index in [2.05, 4.69) is 194 Å². The fourth-order valence-electron chi connectivity index (χ4n) is 9.85. The van der Waals surface area contributed by atoms with Crippen molar-refractivity contribution in [2.75, 3.05) is 0 Å². The maximum Gasteiger partial charge on any atom is 0.160 e. The number of para-hydroxylation sites is 2. The van der Waals surface area contributed by atoms with Crippen LogP contribution in [0.4, 0.5) is 0 Å². The Labute approximate surface area is 337 Å². The lowest BCUT2D eigenvalue weighted by atomic mass is 9.65. The Hall–Kier alpha value is -7.36. The first-order chi connectivity index (χ1) is 28.8. The average molecular weight is 741 g/mol. The molecule has 272 valence electrons. The molecule has 0 bridgehead atoms. The van der Waals surface area contributed by atoms with Crippen molar-refractivity contribution in [3.8, 4) is 56.3 Å². The number of nitrogens with zero attached hydrogens (tertiary/aromatic N) is 2. The summed E-state index contributed by atoms with van der Waals surface area (Å²) in [6.07, 6.45) is 8.64. The summed E-state index contributed by atoms with van der Waals surface area (Å²) in [5.74, 6) is 2.47. The van der Waals surface area contributed by atoms with Crippen molar-refractivity contribution >= 4 is 27.1 Å². The lowest BCUT2D eigenvalue weighted by Gasteiger charge is -2.40. The number of hydrogen-bond acceptors (Lipinski definition) is 3. The predicted octanol–water partition coefficient (Wildman–Crippen LogP) is 14.0. The second-order valence-corrected chi connectivity index (χ2v) is 15.5. The van der Waals surface area contributed by atoms with Crippen LogP contribution in [0.3, 0.4) is 0 Å². The predicted molar refractivity (Wildman–Crippen MR) is 237 cm³/mol. The highest BCUT2D eigenvalue weighted by Gasteiger charge is 2.51. The van der Waals surface area contributed by atoms with Crippen LogP contribution < -0.4 is 4.74 Å². The normalized spacial score (nSPS) is 14.4. The van der Waals surface area contributed by atoms with Gasteiger partial charge in [-0.05, 0) is 80.4 Å². The number of fused-ring (bicyclic) bond motifs is 12. The van der Waals surface area contributed by atoms with E-state index in [9.17, 15) is 0 Å². The Morgan fingerprint density at radius 2 is 1.09 bits per heavy atom. The molecule has 0 amide bonds. The van der Waals surface area contributed by atoms with Gasteiger partial charge in [-0.15, -0.1) is 0 Å². The molecular weight excluding hydrogens is 705 g/mol. The topological polar surface area (TPSA) is 35.0 Å². The molecule has 8 aromatic carbocycles. The first kappa shape index (κ1) is 32.8. The third kappa shape index (κ3) is 4.80. The van der Waals surface area contributed by atoms with Crippen molar-refractivity contribution < 1.29 is 4.74 Å². The molecule has 3 heteroatoms. The van der Waals surface area contributed by atoms with Gasteiger partial charge in [0.25, 0.3) is 0 Å². The number of allylic oxidation sites excluding steroid dienone is 4. The SMILES string of the molecule is C1=CC(c2nc(-c3ccc4c(ccc5ccccc54)c3)cc(-c3ccccc3-c3cccc4c3Oc3ccccc3C43c4ccccc4-c4ccccc43)n2)=CCC1. The van der Waals surface area contributed by atoms with Gasteiger partial charge >= 0.3 is 0 Å². The van der Waals surface area contributed by atoms with Gasteiger partial charge in [-0.25, -0.2) is 9.97 Å². The van der Waals surface area contributed by atoms with Crippen molar-refractivity contribution in [1.82, 2.24) is 9.97 Å². The molecule has 0 radical (unpaired) electrons. The molecule has 12 rings (SSSR count). The van der Waals surface area contributed by atoms with Gasteiger partial charge in [-0.2, -0.15) is 0 Å². The third-order valence-electron chi connectivity index (χ3n) is 12.4. The largest absolute Gasteiger partial charge is 0.456 e. The van der Waals surface area contributed by atoms with E-state index in [1.54, 1.807) is 0 Å². The van der Waals surface area contributed by atoms with Crippen LogP contribution in [-0.2, 0) is 5.41 Å². The first-order valence-electron chi connectivity index (χ1n) is 20.1. The Bertz CT molecular complexity index is 3180. The fourth-order valence-corrected chi connectivity index (χ4v) is 9.85. The van der Waals surface area contributed by atoms with Gasteiger partial charge in [0.2, 0.25) is 0 Å². The number of ether oxygens (including phenoxy) is 1. The van der Waals surface area contributed by atoms with Gasteiger partial charge in [-0.3, -0.25) is 0 Å². The van der Waals surface area contributed by atoms with Gasteiger partial charge in [0.1, 0.15) is 11.5 Å². The Morgan fingerprint density at radius 1 is 0.448 bits per heavy atom. The molecule has 0 saturated carbocycles. The molecule has 0 N–H and O–H groups in total. The van der Waals surface area contributed by atoms with Crippen molar-refractivity contribution in [2.24, 2.45) is 0 Å². The van der Waals surface area contributed by atoms with Gasteiger partial charge in [0.05, 0.1) is 16.8 Å². The maximum atomic E-state index is 7.10. The summed E-state index contributed by atoms with van der Waals surface area (Å²) in [4.78, 5) is 10.6. The van der Waals surface area contributed by atoms with Crippen LogP contribution in [0.25, 0.3) is 71.9 Å². The van der Waals surface area contributed by atoms with Crippen LogP contribution in [0, 0.1) is 0 Å². The molecule has 0 saturated heterocycles. The number of hydrogen-bond donors (Lipinski definition) is 0. The zero-order valence-corrected chi connectivity index (χ0v) is 31.7. The quantitative estimate of drug-likeness (QED) is 0.169. The highest BCUT2D eigenvalue weighted by molar-refractivity contribution is 6.08. The molecule has 2 aliphatic carbocycles. The molecule has 3 aliphatic rings. The van der Waals surface area contributed by atoms with Crippen molar-refractivity contribution in [3.63, 3.8) is 0 Å². The van der Waals surface area contributed by atoms with Gasteiger partial charge < -0.3 is 4.74 Å². The lowest BCUT2D eigenvalue weighted by Crippen LogP contribution is -2.32. The summed E-state index contributed by atoms with van der Waals surface area (Å²) in [7, 11) is 0. The monoisotopic (exact) mass is 740 g/mol. The van der Waals surface area contributed by atoms with Crippen molar-refractivity contribution in [3.05, 3.63) is 222 Å². The minimum Gasteiger partial charge on any atom is -0.456 e. The highest BCUT2D eigenvalue weighted by Crippen LogP contribution is 2.63. The van der Waals surface area contributed by atoms with E-state index >= 15 is 0 Å². The summed E-state index contributed by atoms with van der Waals surface area (Å²) in [5, 5.41) is 4.92. The Morgan fingerprint density at radius 3 is 1.90 bits per heavy atom. The van der Waals surface area contributed by atoms with E-state index in [4.69, 9.17) is 14.7 Å². The van der Waals surface area contributed by atoms with E-state index in [0.29, 0.717) is 0 Å². The van der Waals surface area contributed by atoms with Crippen LogP contribution in [0.2, 0.25) is 0 Å².